The number of hydrogen-bond acceptors (Lipinski definition) is 5. The zero-order valence-electron chi connectivity index (χ0n) is 14.6. The van der Waals surface area contributed by atoms with E-state index in [4.69, 9.17) is 9.47 Å². The fraction of sp³-hybridized carbons (Fsp3) is 0.316. The Morgan fingerprint density at radius 2 is 1.38 bits per heavy atom. The predicted molar refractivity (Wildman–Crippen MR) is 91.2 cm³/mol. The number of rotatable bonds is 4. The number of carbonyl (C=O) groups excluding carboxylic acids is 2. The lowest BCUT2D eigenvalue weighted by molar-refractivity contribution is 0.0599. The van der Waals surface area contributed by atoms with Crippen LogP contribution < -0.4 is 0 Å². The number of aromatic nitrogens is 1. The summed E-state index contributed by atoms with van der Waals surface area (Å²) in [6.45, 7) is 5.52. The van der Waals surface area contributed by atoms with E-state index in [1.165, 1.54) is 19.8 Å². The van der Waals surface area contributed by atoms with E-state index < -0.39 is 11.9 Å². The van der Waals surface area contributed by atoms with Crippen LogP contribution in [-0.2, 0) is 15.9 Å². The van der Waals surface area contributed by atoms with Crippen LogP contribution in [0.1, 0.15) is 44.6 Å². The highest BCUT2D eigenvalue weighted by Gasteiger charge is 2.27. The van der Waals surface area contributed by atoms with Gasteiger partial charge >= 0.3 is 11.9 Å². The van der Waals surface area contributed by atoms with Gasteiger partial charge in [-0.2, -0.15) is 0 Å². The van der Waals surface area contributed by atoms with E-state index in [2.05, 4.69) is 11.9 Å². The molecule has 0 saturated carbocycles. The second-order valence-corrected chi connectivity index (χ2v) is 5.44. The van der Waals surface area contributed by atoms with Crippen LogP contribution in [0.2, 0.25) is 0 Å². The van der Waals surface area contributed by atoms with E-state index in [0.29, 0.717) is 17.0 Å². The van der Waals surface area contributed by atoms with Gasteiger partial charge < -0.3 is 9.47 Å². The molecule has 0 aliphatic rings. The first-order valence-electron chi connectivity index (χ1n) is 7.71. The molecule has 0 fully saturated rings. The number of nitrogens with zero attached hydrogens (tertiary/aromatic N) is 1. The quantitative estimate of drug-likeness (QED) is 0.804. The summed E-state index contributed by atoms with van der Waals surface area (Å²) < 4.78 is 9.80. The normalized spacial score (nSPS) is 10.4. The van der Waals surface area contributed by atoms with Crippen molar-refractivity contribution >= 4 is 11.9 Å². The molecule has 1 aromatic heterocycles. The van der Waals surface area contributed by atoms with Crippen LogP contribution in [0.3, 0.4) is 0 Å². The molecule has 0 saturated heterocycles. The van der Waals surface area contributed by atoms with E-state index in [1.54, 1.807) is 13.8 Å². The molecule has 24 heavy (non-hydrogen) atoms. The van der Waals surface area contributed by atoms with Crippen LogP contribution in [0.4, 0.5) is 0 Å². The minimum absolute atomic E-state index is 0.285. The summed E-state index contributed by atoms with van der Waals surface area (Å²) in [4.78, 5) is 29.0. The predicted octanol–water partition coefficient (Wildman–Crippen LogP) is 3.50. The molecule has 0 atom stereocenters. The van der Waals surface area contributed by atoms with Crippen molar-refractivity contribution in [2.24, 2.45) is 0 Å². The maximum Gasteiger partial charge on any atom is 0.340 e. The van der Waals surface area contributed by atoms with Crippen LogP contribution in [0.25, 0.3) is 11.1 Å². The van der Waals surface area contributed by atoms with Crippen molar-refractivity contribution in [3.63, 3.8) is 0 Å². The van der Waals surface area contributed by atoms with E-state index in [0.717, 1.165) is 12.0 Å². The first-order valence-corrected chi connectivity index (χ1v) is 7.71. The van der Waals surface area contributed by atoms with Gasteiger partial charge in [0.05, 0.1) is 36.7 Å². The molecule has 2 rings (SSSR count). The third-order valence-corrected chi connectivity index (χ3v) is 3.99. The Balaban J connectivity index is 2.85. The zero-order valence-corrected chi connectivity index (χ0v) is 14.6. The maximum absolute atomic E-state index is 12.3. The van der Waals surface area contributed by atoms with Gasteiger partial charge in [-0.25, -0.2) is 9.59 Å². The first-order chi connectivity index (χ1) is 11.4. The van der Waals surface area contributed by atoms with Gasteiger partial charge in [0.25, 0.3) is 0 Å². The number of esters is 2. The molecule has 5 nitrogen and oxygen atoms in total. The number of carbonyl (C=O) groups is 2. The van der Waals surface area contributed by atoms with Crippen LogP contribution in [0, 0.1) is 13.8 Å². The number of hydrogen-bond donors (Lipinski definition) is 0. The summed E-state index contributed by atoms with van der Waals surface area (Å²) in [5, 5.41) is 0. The molecule has 0 aliphatic heterocycles. The van der Waals surface area contributed by atoms with E-state index in [9.17, 15) is 9.59 Å². The van der Waals surface area contributed by atoms with Gasteiger partial charge in [-0.1, -0.05) is 31.2 Å². The second kappa shape index (κ2) is 7.25. The SMILES string of the molecule is CCc1ccc(-c2c(C(=O)OC)c(C)nc(C)c2C(=O)OC)cc1. The maximum atomic E-state index is 12.3. The molecular weight excluding hydrogens is 306 g/mol. The van der Waals surface area contributed by atoms with E-state index in [-0.39, 0.29) is 11.1 Å². The number of benzene rings is 1. The highest BCUT2D eigenvalue weighted by molar-refractivity contribution is 6.07. The van der Waals surface area contributed by atoms with Crippen molar-refractivity contribution in [3.05, 3.63) is 52.3 Å². The third kappa shape index (κ3) is 3.15. The van der Waals surface area contributed by atoms with E-state index in [1.807, 2.05) is 24.3 Å². The second-order valence-electron chi connectivity index (χ2n) is 5.44. The molecule has 0 bridgehead atoms. The van der Waals surface area contributed by atoms with Crippen LogP contribution >= 0.6 is 0 Å². The lowest BCUT2D eigenvalue weighted by Crippen LogP contribution is -2.16. The molecular formula is C19H21NO4. The van der Waals surface area contributed by atoms with Gasteiger partial charge in [-0.3, -0.25) is 4.98 Å². The summed E-state index contributed by atoms with van der Waals surface area (Å²) in [5.74, 6) is -1.06. The van der Waals surface area contributed by atoms with Crippen molar-refractivity contribution < 1.29 is 19.1 Å². The Morgan fingerprint density at radius 1 is 0.917 bits per heavy atom. The minimum atomic E-state index is -0.528. The van der Waals surface area contributed by atoms with Crippen molar-refractivity contribution in [2.45, 2.75) is 27.2 Å². The highest BCUT2D eigenvalue weighted by Crippen LogP contribution is 2.32. The van der Waals surface area contributed by atoms with E-state index >= 15 is 0 Å². The molecule has 1 aromatic carbocycles. The average molecular weight is 327 g/mol. The Bertz CT molecular complexity index is 739. The standard InChI is InChI=1S/C19H21NO4/c1-6-13-7-9-14(10-8-13)17-15(18(21)23-4)11(2)20-12(3)16(17)19(22)24-5/h7-10H,6H2,1-5H3. The Labute approximate surface area is 141 Å². The molecule has 0 unspecified atom stereocenters. The zero-order chi connectivity index (χ0) is 17.9. The Hall–Kier alpha value is -2.69. The highest BCUT2D eigenvalue weighted by atomic mass is 16.5. The molecule has 126 valence electrons. The van der Waals surface area contributed by atoms with Gasteiger partial charge in [0.1, 0.15) is 0 Å². The van der Waals surface area contributed by atoms with Gasteiger partial charge in [0, 0.05) is 5.56 Å². The molecule has 0 aliphatic carbocycles. The van der Waals surface area contributed by atoms with Gasteiger partial charge in [0.15, 0.2) is 0 Å². The average Bonchev–Trinajstić information content (AvgIpc) is 2.60. The monoisotopic (exact) mass is 327 g/mol. The van der Waals surface area contributed by atoms with Crippen molar-refractivity contribution in [1.29, 1.82) is 0 Å². The number of pyridine rings is 1. The van der Waals surface area contributed by atoms with Crippen molar-refractivity contribution in [3.8, 4) is 11.1 Å². The molecule has 2 aromatic rings. The molecule has 5 heteroatoms. The summed E-state index contributed by atoms with van der Waals surface area (Å²) in [5.41, 5.74) is 4.02. The Morgan fingerprint density at radius 3 is 1.75 bits per heavy atom. The topological polar surface area (TPSA) is 65.5 Å². The number of ether oxygens (including phenoxy) is 2. The van der Waals surface area contributed by atoms with Gasteiger partial charge in [0.2, 0.25) is 0 Å². The number of methoxy groups -OCH3 is 2. The van der Waals surface area contributed by atoms with Crippen LogP contribution in [0.5, 0.6) is 0 Å². The Kier molecular flexibility index (Phi) is 5.34. The number of aryl methyl sites for hydroxylation is 3. The molecule has 0 spiro atoms. The first kappa shape index (κ1) is 17.7. The summed E-state index contributed by atoms with van der Waals surface area (Å²) in [6, 6.07) is 7.74. The summed E-state index contributed by atoms with van der Waals surface area (Å²) in [7, 11) is 2.62. The lowest BCUT2D eigenvalue weighted by Gasteiger charge is -2.17. The third-order valence-electron chi connectivity index (χ3n) is 3.99. The molecule has 0 radical (unpaired) electrons. The lowest BCUT2D eigenvalue weighted by atomic mass is 9.92. The fourth-order valence-corrected chi connectivity index (χ4v) is 2.75. The minimum Gasteiger partial charge on any atom is -0.465 e. The molecule has 0 N–H and O–H groups in total. The molecule has 1 heterocycles. The van der Waals surface area contributed by atoms with Crippen molar-refractivity contribution in [1.82, 2.24) is 4.98 Å². The van der Waals surface area contributed by atoms with Crippen LogP contribution in [-0.4, -0.2) is 31.1 Å². The van der Waals surface area contributed by atoms with Gasteiger partial charge in [-0.15, -0.1) is 0 Å². The molecule has 0 amide bonds. The summed E-state index contributed by atoms with van der Waals surface area (Å²) in [6.07, 6.45) is 0.905. The van der Waals surface area contributed by atoms with Crippen LogP contribution in [0.15, 0.2) is 24.3 Å². The largest absolute Gasteiger partial charge is 0.465 e. The van der Waals surface area contributed by atoms with Crippen molar-refractivity contribution in [2.75, 3.05) is 14.2 Å². The fourth-order valence-electron chi connectivity index (χ4n) is 2.75. The smallest absolute Gasteiger partial charge is 0.340 e. The summed E-state index contributed by atoms with van der Waals surface area (Å²) >= 11 is 0. The van der Waals surface area contributed by atoms with Gasteiger partial charge in [-0.05, 0) is 31.4 Å².